The van der Waals surface area contributed by atoms with Crippen molar-refractivity contribution in [1.29, 1.82) is 0 Å². The van der Waals surface area contributed by atoms with E-state index in [-0.39, 0.29) is 11.8 Å². The second-order valence-electron chi connectivity index (χ2n) is 7.25. The van der Waals surface area contributed by atoms with Crippen LogP contribution in [0.15, 0.2) is 0 Å². The highest BCUT2D eigenvalue weighted by atomic mass is 16.4. The van der Waals surface area contributed by atoms with Crippen LogP contribution in [0.5, 0.6) is 0 Å². The molecule has 1 N–H and O–H groups in total. The highest BCUT2D eigenvalue weighted by molar-refractivity contribution is 5.85. The molecule has 0 aromatic carbocycles. The predicted molar refractivity (Wildman–Crippen MR) is 79.8 cm³/mol. The van der Waals surface area contributed by atoms with Crippen molar-refractivity contribution < 1.29 is 14.7 Å². The average Bonchev–Trinajstić information content (AvgIpc) is 2.92. The van der Waals surface area contributed by atoms with E-state index in [0.717, 1.165) is 32.1 Å². The molecule has 0 aromatic heterocycles. The number of carbonyl (C=O) groups is 2. The highest BCUT2D eigenvalue weighted by Gasteiger charge is 2.49. The van der Waals surface area contributed by atoms with Gasteiger partial charge in [-0.3, -0.25) is 4.79 Å². The van der Waals surface area contributed by atoms with Gasteiger partial charge in [0.25, 0.3) is 0 Å². The van der Waals surface area contributed by atoms with E-state index in [2.05, 4.69) is 0 Å². The Balaban J connectivity index is 1.64. The van der Waals surface area contributed by atoms with E-state index in [9.17, 15) is 14.7 Å². The Labute approximate surface area is 126 Å². The summed E-state index contributed by atoms with van der Waals surface area (Å²) in [6, 6.07) is -0.546. The first kappa shape index (κ1) is 14.9. The normalized spacial score (nSPS) is 33.7. The Kier molecular flexibility index (Phi) is 4.51. The van der Waals surface area contributed by atoms with E-state index < -0.39 is 12.0 Å². The van der Waals surface area contributed by atoms with E-state index in [0.29, 0.717) is 24.8 Å². The van der Waals surface area contributed by atoms with Crippen LogP contribution in [0.1, 0.15) is 64.2 Å². The van der Waals surface area contributed by atoms with Crippen LogP contribution < -0.4 is 0 Å². The number of hydrogen-bond acceptors (Lipinski definition) is 2. The van der Waals surface area contributed by atoms with Crippen molar-refractivity contribution in [3.63, 3.8) is 0 Å². The number of amides is 1. The van der Waals surface area contributed by atoms with Gasteiger partial charge in [0, 0.05) is 13.0 Å². The number of nitrogens with zero attached hydrogens (tertiary/aromatic N) is 1. The SMILES string of the molecule is O=C(O)C1C2CCCC2CN1C(=O)CC1CCCCCC1. The zero-order chi connectivity index (χ0) is 14.8. The molecule has 4 heteroatoms. The monoisotopic (exact) mass is 293 g/mol. The maximum absolute atomic E-state index is 12.6. The average molecular weight is 293 g/mol. The van der Waals surface area contributed by atoms with Crippen molar-refractivity contribution in [3.05, 3.63) is 0 Å². The van der Waals surface area contributed by atoms with Crippen molar-refractivity contribution in [2.45, 2.75) is 70.3 Å². The third kappa shape index (κ3) is 3.09. The van der Waals surface area contributed by atoms with E-state index >= 15 is 0 Å². The molecule has 3 rings (SSSR count). The fourth-order valence-electron chi connectivity index (χ4n) is 4.81. The lowest BCUT2D eigenvalue weighted by Gasteiger charge is -2.26. The first-order chi connectivity index (χ1) is 10.2. The molecule has 3 fully saturated rings. The fourth-order valence-corrected chi connectivity index (χ4v) is 4.81. The van der Waals surface area contributed by atoms with Crippen molar-refractivity contribution in [2.24, 2.45) is 17.8 Å². The number of hydrogen-bond donors (Lipinski definition) is 1. The number of carbonyl (C=O) groups excluding carboxylic acids is 1. The largest absolute Gasteiger partial charge is 0.480 e. The van der Waals surface area contributed by atoms with Crippen LogP contribution in [0.2, 0.25) is 0 Å². The molecule has 21 heavy (non-hydrogen) atoms. The first-order valence-corrected chi connectivity index (χ1v) is 8.69. The van der Waals surface area contributed by atoms with Crippen LogP contribution in [0, 0.1) is 17.8 Å². The van der Waals surface area contributed by atoms with Gasteiger partial charge in [-0.1, -0.05) is 32.1 Å². The molecule has 3 aliphatic rings. The third-order valence-electron chi connectivity index (χ3n) is 5.90. The summed E-state index contributed by atoms with van der Waals surface area (Å²) in [5, 5.41) is 9.54. The smallest absolute Gasteiger partial charge is 0.326 e. The van der Waals surface area contributed by atoms with Crippen LogP contribution in [0.4, 0.5) is 0 Å². The maximum Gasteiger partial charge on any atom is 0.326 e. The fraction of sp³-hybridized carbons (Fsp3) is 0.882. The molecular weight excluding hydrogens is 266 g/mol. The Bertz CT molecular complexity index is 401. The lowest BCUT2D eigenvalue weighted by Crippen LogP contribution is -2.43. The maximum atomic E-state index is 12.6. The van der Waals surface area contributed by atoms with Gasteiger partial charge in [-0.05, 0) is 43.4 Å². The van der Waals surface area contributed by atoms with Gasteiger partial charge in [0.05, 0.1) is 0 Å². The van der Waals surface area contributed by atoms with Gasteiger partial charge < -0.3 is 10.0 Å². The molecule has 2 saturated carbocycles. The summed E-state index contributed by atoms with van der Waals surface area (Å²) in [5.41, 5.74) is 0. The lowest BCUT2D eigenvalue weighted by atomic mass is 9.93. The standard InChI is InChI=1S/C17H27NO3/c19-15(10-12-6-3-1-2-4-7-12)18-11-13-8-5-9-14(13)16(18)17(20)21/h12-14,16H,1-11H2,(H,20,21). The van der Waals surface area contributed by atoms with Gasteiger partial charge in [0.1, 0.15) is 6.04 Å². The van der Waals surface area contributed by atoms with Gasteiger partial charge in [-0.25, -0.2) is 4.79 Å². The van der Waals surface area contributed by atoms with Crippen molar-refractivity contribution in [2.75, 3.05) is 6.54 Å². The summed E-state index contributed by atoms with van der Waals surface area (Å²) in [7, 11) is 0. The van der Waals surface area contributed by atoms with E-state index in [1.165, 1.54) is 25.7 Å². The number of carboxylic acid groups (broad SMARTS) is 1. The number of likely N-dealkylation sites (tertiary alicyclic amines) is 1. The minimum atomic E-state index is -0.793. The van der Waals surface area contributed by atoms with E-state index in [4.69, 9.17) is 0 Å². The summed E-state index contributed by atoms with van der Waals surface area (Å²) < 4.78 is 0. The molecule has 0 spiro atoms. The molecular formula is C17H27NO3. The lowest BCUT2D eigenvalue weighted by molar-refractivity contribution is -0.150. The Hall–Kier alpha value is -1.06. The second-order valence-corrected chi connectivity index (χ2v) is 7.25. The summed E-state index contributed by atoms with van der Waals surface area (Å²) >= 11 is 0. The topological polar surface area (TPSA) is 57.6 Å². The van der Waals surface area contributed by atoms with Gasteiger partial charge in [-0.15, -0.1) is 0 Å². The van der Waals surface area contributed by atoms with Crippen LogP contribution in [0.25, 0.3) is 0 Å². The van der Waals surface area contributed by atoms with Crippen molar-refractivity contribution >= 4 is 11.9 Å². The first-order valence-electron chi connectivity index (χ1n) is 8.69. The molecule has 3 unspecified atom stereocenters. The molecule has 2 aliphatic carbocycles. The summed E-state index contributed by atoms with van der Waals surface area (Å²) in [6.45, 7) is 0.688. The van der Waals surface area contributed by atoms with Crippen LogP contribution in [-0.2, 0) is 9.59 Å². The molecule has 118 valence electrons. The van der Waals surface area contributed by atoms with Gasteiger partial charge >= 0.3 is 5.97 Å². The number of aliphatic carboxylic acids is 1. The Morgan fingerprint density at radius 3 is 2.33 bits per heavy atom. The van der Waals surface area contributed by atoms with Crippen LogP contribution >= 0.6 is 0 Å². The Morgan fingerprint density at radius 2 is 1.67 bits per heavy atom. The Morgan fingerprint density at radius 1 is 0.952 bits per heavy atom. The molecule has 1 saturated heterocycles. The summed E-state index contributed by atoms with van der Waals surface area (Å²) in [4.78, 5) is 26.0. The zero-order valence-electron chi connectivity index (χ0n) is 12.8. The summed E-state index contributed by atoms with van der Waals surface area (Å²) in [6.07, 6.45) is 11.1. The number of carboxylic acids is 1. The van der Waals surface area contributed by atoms with Crippen molar-refractivity contribution in [3.8, 4) is 0 Å². The zero-order valence-corrected chi connectivity index (χ0v) is 12.8. The molecule has 1 aliphatic heterocycles. The molecule has 1 heterocycles. The summed E-state index contributed by atoms with van der Waals surface area (Å²) in [5.74, 6) is 0.432. The number of rotatable bonds is 3. The van der Waals surface area contributed by atoms with E-state index in [1.54, 1.807) is 4.90 Å². The van der Waals surface area contributed by atoms with Gasteiger partial charge in [0.2, 0.25) is 5.91 Å². The quantitative estimate of drug-likeness (QED) is 0.814. The van der Waals surface area contributed by atoms with Crippen LogP contribution in [0.3, 0.4) is 0 Å². The van der Waals surface area contributed by atoms with Gasteiger partial charge in [-0.2, -0.15) is 0 Å². The van der Waals surface area contributed by atoms with Crippen LogP contribution in [-0.4, -0.2) is 34.5 Å². The minimum absolute atomic E-state index is 0.101. The molecule has 1 amide bonds. The molecule has 0 aromatic rings. The molecule has 0 bridgehead atoms. The molecule has 4 nitrogen and oxygen atoms in total. The van der Waals surface area contributed by atoms with Crippen molar-refractivity contribution in [1.82, 2.24) is 4.90 Å². The van der Waals surface area contributed by atoms with Gasteiger partial charge in [0.15, 0.2) is 0 Å². The second kappa shape index (κ2) is 6.37. The molecule has 3 atom stereocenters. The molecule has 0 radical (unpaired) electrons. The minimum Gasteiger partial charge on any atom is -0.480 e. The van der Waals surface area contributed by atoms with E-state index in [1.807, 2.05) is 0 Å². The number of fused-ring (bicyclic) bond motifs is 1. The highest BCUT2D eigenvalue weighted by Crippen LogP contribution is 2.42. The third-order valence-corrected chi connectivity index (χ3v) is 5.90. The predicted octanol–water partition coefficient (Wildman–Crippen LogP) is 3.06.